The second-order valence-electron chi connectivity index (χ2n) is 9.10. The second kappa shape index (κ2) is 9.50. The zero-order valence-corrected chi connectivity index (χ0v) is 19.7. The van der Waals surface area contributed by atoms with Gasteiger partial charge in [-0.2, -0.15) is 13.2 Å². The summed E-state index contributed by atoms with van der Waals surface area (Å²) in [5.41, 5.74) is 1.92. The molecule has 0 aliphatic carbocycles. The van der Waals surface area contributed by atoms with Crippen LogP contribution in [0.25, 0.3) is 0 Å². The predicted octanol–water partition coefficient (Wildman–Crippen LogP) is 6.26. The van der Waals surface area contributed by atoms with Gasteiger partial charge in [-0.1, -0.05) is 65.7 Å². The molecule has 0 saturated carbocycles. The molecule has 0 aliphatic heterocycles. The average molecular weight is 456 g/mol. The van der Waals surface area contributed by atoms with E-state index in [2.05, 4.69) is 67.5 Å². The third kappa shape index (κ3) is 5.81. The van der Waals surface area contributed by atoms with Gasteiger partial charge in [0.25, 0.3) is 5.91 Å². The molecule has 0 bridgehead atoms. The van der Waals surface area contributed by atoms with Crippen LogP contribution in [0.5, 0.6) is 5.75 Å². The lowest BCUT2D eigenvalue weighted by Crippen LogP contribution is -2.33. The number of halogens is 3. The van der Waals surface area contributed by atoms with Gasteiger partial charge in [0.15, 0.2) is 6.10 Å². The Kier molecular flexibility index (Phi) is 7.63. The van der Waals surface area contributed by atoms with E-state index < -0.39 is 30.1 Å². The Balaban J connectivity index is 2.31. The Hall–Kier alpha value is -2.58. The molecule has 1 heterocycles. The maximum Gasteiger partial charge on any atom is 0.470 e. The Morgan fingerprint density at radius 3 is 2.19 bits per heavy atom. The van der Waals surface area contributed by atoms with Crippen LogP contribution in [0.2, 0.25) is 0 Å². The number of alkyl halides is 3. The highest BCUT2D eigenvalue weighted by Crippen LogP contribution is 2.39. The molecule has 1 unspecified atom stereocenters. The van der Waals surface area contributed by atoms with Crippen LogP contribution in [0.15, 0.2) is 22.6 Å². The van der Waals surface area contributed by atoms with Gasteiger partial charge in [0, 0.05) is 5.56 Å². The Morgan fingerprint density at radius 2 is 1.69 bits per heavy atom. The SMILES string of the molecule is CCC(Oc1ccc(C(C)(C)CC)cc1C(C)(C)CC)C(=O)Nc1nnc(C(F)(F)F)o1. The van der Waals surface area contributed by atoms with E-state index in [9.17, 15) is 18.0 Å². The molecular formula is C23H32F3N3O3. The number of nitrogens with one attached hydrogen (secondary N) is 1. The molecule has 2 rings (SSSR count). The highest BCUT2D eigenvalue weighted by molar-refractivity contribution is 5.92. The van der Waals surface area contributed by atoms with Crippen LogP contribution in [0.1, 0.15) is 84.7 Å². The number of rotatable bonds is 9. The van der Waals surface area contributed by atoms with E-state index in [1.54, 1.807) is 6.92 Å². The molecule has 0 radical (unpaired) electrons. The molecule has 0 fully saturated rings. The van der Waals surface area contributed by atoms with Gasteiger partial charge < -0.3 is 9.15 Å². The largest absolute Gasteiger partial charge is 0.480 e. The van der Waals surface area contributed by atoms with Crippen molar-refractivity contribution in [2.75, 3.05) is 5.32 Å². The number of aromatic nitrogens is 2. The smallest absolute Gasteiger partial charge is 0.470 e. The molecule has 2 aromatic rings. The summed E-state index contributed by atoms with van der Waals surface area (Å²) in [5, 5.41) is 8.37. The third-order valence-electron chi connectivity index (χ3n) is 6.09. The van der Waals surface area contributed by atoms with Gasteiger partial charge in [-0.25, -0.2) is 0 Å². The summed E-state index contributed by atoms with van der Waals surface area (Å²) < 4.78 is 48.5. The van der Waals surface area contributed by atoms with Crippen molar-refractivity contribution in [3.05, 3.63) is 35.2 Å². The summed E-state index contributed by atoms with van der Waals surface area (Å²) >= 11 is 0. The molecule has 178 valence electrons. The number of benzene rings is 1. The number of hydrogen-bond acceptors (Lipinski definition) is 5. The highest BCUT2D eigenvalue weighted by Gasteiger charge is 2.38. The summed E-state index contributed by atoms with van der Waals surface area (Å²) in [6.07, 6.45) is -3.63. The molecule has 32 heavy (non-hydrogen) atoms. The maximum atomic E-state index is 12.7. The van der Waals surface area contributed by atoms with E-state index in [1.807, 2.05) is 12.1 Å². The first kappa shape index (κ1) is 25.7. The first-order chi connectivity index (χ1) is 14.7. The average Bonchev–Trinajstić information content (AvgIpc) is 3.20. The maximum absolute atomic E-state index is 12.7. The predicted molar refractivity (Wildman–Crippen MR) is 116 cm³/mol. The molecule has 1 N–H and O–H groups in total. The highest BCUT2D eigenvalue weighted by atomic mass is 19.4. The molecule has 9 heteroatoms. The van der Waals surface area contributed by atoms with E-state index in [0.717, 1.165) is 18.4 Å². The van der Waals surface area contributed by atoms with Crippen molar-refractivity contribution in [3.63, 3.8) is 0 Å². The summed E-state index contributed by atoms with van der Waals surface area (Å²) in [5.74, 6) is -1.62. The first-order valence-electron chi connectivity index (χ1n) is 10.8. The molecule has 0 saturated heterocycles. The van der Waals surface area contributed by atoms with Crippen LogP contribution in [0.3, 0.4) is 0 Å². The minimum atomic E-state index is -4.79. The summed E-state index contributed by atoms with van der Waals surface area (Å²) in [6.45, 7) is 14.5. The van der Waals surface area contributed by atoms with Gasteiger partial charge in [0.2, 0.25) is 0 Å². The van der Waals surface area contributed by atoms with Gasteiger partial charge in [-0.15, -0.1) is 5.10 Å². The monoisotopic (exact) mass is 455 g/mol. The Labute approximate surface area is 186 Å². The lowest BCUT2D eigenvalue weighted by molar-refractivity contribution is -0.157. The minimum absolute atomic E-state index is 0.0211. The van der Waals surface area contributed by atoms with Gasteiger partial charge in [-0.3, -0.25) is 10.1 Å². The zero-order chi connectivity index (χ0) is 24.3. The Morgan fingerprint density at radius 1 is 1.06 bits per heavy atom. The normalized spacial score (nSPS) is 13.7. The van der Waals surface area contributed by atoms with Crippen LogP contribution >= 0.6 is 0 Å². The second-order valence-corrected chi connectivity index (χ2v) is 9.10. The first-order valence-corrected chi connectivity index (χ1v) is 10.8. The van der Waals surface area contributed by atoms with Crippen LogP contribution in [-0.2, 0) is 21.8 Å². The van der Waals surface area contributed by atoms with E-state index in [4.69, 9.17) is 4.74 Å². The molecule has 1 aromatic carbocycles. The number of carbonyl (C=O) groups is 1. The summed E-state index contributed by atoms with van der Waals surface area (Å²) in [4.78, 5) is 12.7. The van der Waals surface area contributed by atoms with Crippen molar-refractivity contribution >= 4 is 11.9 Å². The van der Waals surface area contributed by atoms with Crippen molar-refractivity contribution in [2.24, 2.45) is 0 Å². The fourth-order valence-corrected chi connectivity index (χ4v) is 3.03. The third-order valence-corrected chi connectivity index (χ3v) is 6.09. The molecule has 1 aromatic heterocycles. The van der Waals surface area contributed by atoms with Crippen molar-refractivity contribution in [3.8, 4) is 5.75 Å². The van der Waals surface area contributed by atoms with Gasteiger partial charge in [-0.05, 0) is 41.7 Å². The van der Waals surface area contributed by atoms with Crippen LogP contribution in [-0.4, -0.2) is 22.2 Å². The fraction of sp³-hybridized carbons (Fsp3) is 0.609. The number of hydrogen-bond donors (Lipinski definition) is 1. The fourth-order valence-electron chi connectivity index (χ4n) is 3.03. The van der Waals surface area contributed by atoms with Crippen molar-refractivity contribution in [1.29, 1.82) is 0 Å². The van der Waals surface area contributed by atoms with Gasteiger partial charge >= 0.3 is 18.1 Å². The molecule has 0 spiro atoms. The minimum Gasteiger partial charge on any atom is -0.480 e. The summed E-state index contributed by atoms with van der Waals surface area (Å²) in [7, 11) is 0. The number of anilines is 1. The number of nitrogens with zero attached hydrogens (tertiary/aromatic N) is 2. The van der Waals surface area contributed by atoms with Gasteiger partial charge in [0.1, 0.15) is 5.75 Å². The van der Waals surface area contributed by atoms with E-state index in [0.29, 0.717) is 12.2 Å². The molecule has 1 atom stereocenters. The lowest BCUT2D eigenvalue weighted by Gasteiger charge is -2.31. The topological polar surface area (TPSA) is 77.2 Å². The van der Waals surface area contributed by atoms with E-state index >= 15 is 0 Å². The number of ether oxygens (including phenoxy) is 1. The van der Waals surface area contributed by atoms with Crippen molar-refractivity contribution in [1.82, 2.24) is 10.2 Å². The van der Waals surface area contributed by atoms with Gasteiger partial charge in [0.05, 0.1) is 0 Å². The molecule has 6 nitrogen and oxygen atoms in total. The molecule has 0 aliphatic rings. The Bertz CT molecular complexity index is 936. The van der Waals surface area contributed by atoms with E-state index in [-0.39, 0.29) is 10.8 Å². The van der Waals surface area contributed by atoms with Crippen LogP contribution in [0.4, 0.5) is 19.2 Å². The molecular weight excluding hydrogens is 423 g/mol. The molecule has 1 amide bonds. The van der Waals surface area contributed by atoms with E-state index in [1.165, 1.54) is 5.56 Å². The van der Waals surface area contributed by atoms with Crippen LogP contribution in [0, 0.1) is 0 Å². The van der Waals surface area contributed by atoms with Crippen molar-refractivity contribution < 1.29 is 27.1 Å². The number of amides is 1. The summed E-state index contributed by atoms with van der Waals surface area (Å²) in [6, 6.07) is 5.36. The van der Waals surface area contributed by atoms with Crippen molar-refractivity contribution in [2.45, 2.75) is 90.8 Å². The number of carbonyl (C=O) groups excluding carboxylic acids is 1. The quantitative estimate of drug-likeness (QED) is 0.483. The standard InChI is InChI=1S/C23H32F3N3O3/c1-8-16(18(30)27-20-29-28-19(32-20)23(24,25)26)31-17-12-11-14(21(4,5)9-2)13-15(17)22(6,7)10-3/h11-13,16H,8-10H2,1-7H3,(H,27,29,30). The lowest BCUT2D eigenvalue weighted by atomic mass is 9.76. The van der Waals surface area contributed by atoms with Crippen LogP contribution < -0.4 is 10.1 Å². The zero-order valence-electron chi connectivity index (χ0n) is 19.7.